The Kier molecular flexibility index (Phi) is 6.87. The lowest BCUT2D eigenvalue weighted by atomic mass is 10.1. The summed E-state index contributed by atoms with van der Waals surface area (Å²) in [6.45, 7) is 1.97. The van der Waals surface area contributed by atoms with Crippen molar-refractivity contribution < 1.29 is 14.0 Å². The molecule has 0 spiro atoms. The molecule has 0 aliphatic carbocycles. The molecule has 0 bridgehead atoms. The molecule has 148 valence electrons. The second-order valence-corrected chi connectivity index (χ2v) is 7.21. The number of nitrogens with one attached hydrogen (secondary N) is 1. The molecule has 0 saturated carbocycles. The molecule has 28 heavy (non-hydrogen) atoms. The van der Waals surface area contributed by atoms with Crippen molar-refractivity contribution in [2.45, 2.75) is 19.4 Å². The monoisotopic (exact) mass is 403 g/mol. The Morgan fingerprint density at radius 3 is 2.61 bits per heavy atom. The Morgan fingerprint density at radius 1 is 1.11 bits per heavy atom. The van der Waals surface area contributed by atoms with E-state index in [2.05, 4.69) is 5.32 Å². The topological polar surface area (TPSA) is 52.7 Å². The van der Waals surface area contributed by atoms with Crippen LogP contribution >= 0.6 is 11.6 Å². The van der Waals surface area contributed by atoms with Crippen molar-refractivity contribution in [3.05, 3.63) is 70.5 Å². The first kappa shape index (κ1) is 20.1. The summed E-state index contributed by atoms with van der Waals surface area (Å²) in [4.78, 5) is 28.1. The molecule has 0 aromatic heterocycles. The maximum Gasteiger partial charge on any atom is 0.320 e. The molecule has 1 aliphatic rings. The summed E-state index contributed by atoms with van der Waals surface area (Å²) in [6.07, 6.45) is 1.51. The summed E-state index contributed by atoms with van der Waals surface area (Å²) in [7, 11) is 0. The molecule has 1 saturated heterocycles. The van der Waals surface area contributed by atoms with Gasteiger partial charge in [0.2, 0.25) is 5.91 Å². The number of halogens is 2. The van der Waals surface area contributed by atoms with E-state index in [0.29, 0.717) is 36.8 Å². The second-order valence-electron chi connectivity index (χ2n) is 6.80. The van der Waals surface area contributed by atoms with Gasteiger partial charge in [0.05, 0.1) is 0 Å². The van der Waals surface area contributed by atoms with Crippen molar-refractivity contribution in [1.29, 1.82) is 0 Å². The van der Waals surface area contributed by atoms with Gasteiger partial charge in [0.1, 0.15) is 12.4 Å². The highest BCUT2D eigenvalue weighted by Gasteiger charge is 2.27. The predicted octanol–water partition coefficient (Wildman–Crippen LogP) is 3.47. The van der Waals surface area contributed by atoms with Crippen LogP contribution in [0.2, 0.25) is 5.02 Å². The average molecular weight is 404 g/mol. The molecular formula is C21H23ClFN3O2. The van der Waals surface area contributed by atoms with Gasteiger partial charge in [0, 0.05) is 31.2 Å². The molecule has 2 aromatic rings. The highest BCUT2D eigenvalue weighted by Crippen LogP contribution is 2.21. The zero-order chi connectivity index (χ0) is 19.9. The number of hydrogen-bond acceptors (Lipinski definition) is 2. The van der Waals surface area contributed by atoms with Crippen molar-refractivity contribution >= 4 is 23.5 Å². The summed E-state index contributed by atoms with van der Waals surface area (Å²) < 4.78 is 13.2. The predicted molar refractivity (Wildman–Crippen MR) is 107 cm³/mol. The van der Waals surface area contributed by atoms with Crippen molar-refractivity contribution in [1.82, 2.24) is 15.1 Å². The Hall–Kier alpha value is -2.60. The first-order valence-electron chi connectivity index (χ1n) is 9.31. The summed E-state index contributed by atoms with van der Waals surface area (Å²) in [6, 6.07) is 13.9. The van der Waals surface area contributed by atoms with Gasteiger partial charge in [0.15, 0.2) is 0 Å². The number of urea groups is 1. The van der Waals surface area contributed by atoms with Crippen molar-refractivity contribution in [2.24, 2.45) is 0 Å². The highest BCUT2D eigenvalue weighted by atomic mass is 35.5. The summed E-state index contributed by atoms with van der Waals surface area (Å²) >= 11 is 6.07. The maximum absolute atomic E-state index is 13.2. The molecule has 1 fully saturated rings. The van der Waals surface area contributed by atoms with Gasteiger partial charge < -0.3 is 15.1 Å². The summed E-state index contributed by atoms with van der Waals surface area (Å²) in [5.41, 5.74) is 1.84. The van der Waals surface area contributed by atoms with Crippen molar-refractivity contribution in [3.63, 3.8) is 0 Å². The fraction of sp³-hybridized carbons (Fsp3) is 0.333. The van der Waals surface area contributed by atoms with Gasteiger partial charge in [-0.25, -0.2) is 9.18 Å². The molecular weight excluding hydrogens is 381 g/mol. The van der Waals surface area contributed by atoms with E-state index in [1.807, 2.05) is 30.3 Å². The number of carbonyl (C=O) groups excluding carboxylic acids is 2. The van der Waals surface area contributed by atoms with Gasteiger partial charge in [-0.2, -0.15) is 0 Å². The average Bonchev–Trinajstić information content (AvgIpc) is 2.68. The van der Waals surface area contributed by atoms with Gasteiger partial charge in [-0.1, -0.05) is 48.0 Å². The van der Waals surface area contributed by atoms with Gasteiger partial charge >= 0.3 is 6.03 Å². The first-order valence-corrected chi connectivity index (χ1v) is 9.69. The van der Waals surface area contributed by atoms with Gasteiger partial charge in [0.25, 0.3) is 0 Å². The van der Waals surface area contributed by atoms with E-state index >= 15 is 0 Å². The van der Waals surface area contributed by atoms with Crippen LogP contribution in [0.25, 0.3) is 0 Å². The Bertz CT molecular complexity index is 832. The van der Waals surface area contributed by atoms with Crippen LogP contribution in [-0.2, 0) is 17.8 Å². The van der Waals surface area contributed by atoms with Crippen molar-refractivity contribution in [2.75, 3.05) is 26.2 Å². The van der Waals surface area contributed by atoms with Crippen LogP contribution in [0.5, 0.6) is 0 Å². The zero-order valence-electron chi connectivity index (χ0n) is 15.5. The normalized spacial score (nSPS) is 14.3. The number of carbonyl (C=O) groups is 2. The second kappa shape index (κ2) is 9.55. The van der Waals surface area contributed by atoms with E-state index in [1.165, 1.54) is 12.1 Å². The lowest BCUT2D eigenvalue weighted by Gasteiger charge is -2.35. The van der Waals surface area contributed by atoms with Gasteiger partial charge in [-0.05, 0) is 36.1 Å². The summed E-state index contributed by atoms with van der Waals surface area (Å²) in [5, 5.41) is 3.16. The Balaban J connectivity index is 1.50. The van der Waals surface area contributed by atoms with E-state index in [1.54, 1.807) is 15.9 Å². The maximum atomic E-state index is 13.2. The number of hydrogen-bond donors (Lipinski definition) is 1. The summed E-state index contributed by atoms with van der Waals surface area (Å²) in [5.74, 6) is -0.585. The quantitative estimate of drug-likeness (QED) is 0.769. The molecule has 2 aromatic carbocycles. The van der Waals surface area contributed by atoms with Crippen LogP contribution < -0.4 is 5.32 Å². The van der Waals surface area contributed by atoms with Crippen LogP contribution in [0.3, 0.4) is 0 Å². The third-order valence-electron chi connectivity index (χ3n) is 4.69. The largest absolute Gasteiger partial charge is 0.354 e. The van der Waals surface area contributed by atoms with E-state index < -0.39 is 5.82 Å². The van der Waals surface area contributed by atoms with Gasteiger partial charge in [-0.15, -0.1) is 0 Å². The molecule has 1 aliphatic heterocycles. The molecule has 3 amide bonds. The fourth-order valence-electron chi connectivity index (χ4n) is 3.21. The number of benzene rings is 2. The van der Waals surface area contributed by atoms with E-state index in [4.69, 9.17) is 11.6 Å². The minimum atomic E-state index is -0.410. The molecule has 1 heterocycles. The minimum Gasteiger partial charge on any atom is -0.354 e. The third-order valence-corrected chi connectivity index (χ3v) is 5.04. The highest BCUT2D eigenvalue weighted by molar-refractivity contribution is 6.31. The van der Waals surface area contributed by atoms with Crippen LogP contribution in [0.1, 0.15) is 17.5 Å². The van der Waals surface area contributed by atoms with Crippen LogP contribution in [0.15, 0.2) is 48.5 Å². The van der Waals surface area contributed by atoms with E-state index in [0.717, 1.165) is 18.4 Å². The zero-order valence-corrected chi connectivity index (χ0v) is 16.3. The lowest BCUT2D eigenvalue weighted by Crippen LogP contribution is -2.52. The fourth-order valence-corrected chi connectivity index (χ4v) is 3.44. The van der Waals surface area contributed by atoms with Crippen LogP contribution in [0.4, 0.5) is 9.18 Å². The SMILES string of the molecule is O=C(CN1CCCN(Cc2ccc(F)cc2Cl)C1=O)NCCc1ccccc1. The standard InChI is InChI=1S/C21H23ClFN3O2/c22-19-13-18(23)8-7-17(19)14-25-11-4-12-26(21(25)28)15-20(27)24-10-9-16-5-2-1-3-6-16/h1-3,5-8,13H,4,9-12,14-15H2,(H,24,27). The molecule has 0 radical (unpaired) electrons. The smallest absolute Gasteiger partial charge is 0.320 e. The Morgan fingerprint density at radius 2 is 1.86 bits per heavy atom. The van der Waals surface area contributed by atoms with Gasteiger partial charge in [-0.3, -0.25) is 4.79 Å². The molecule has 3 rings (SSSR count). The Labute approximate surface area is 169 Å². The number of amides is 3. The van der Waals surface area contributed by atoms with Crippen molar-refractivity contribution in [3.8, 4) is 0 Å². The molecule has 0 atom stereocenters. The molecule has 1 N–H and O–H groups in total. The molecule has 0 unspecified atom stereocenters. The number of rotatable bonds is 7. The minimum absolute atomic E-state index is 0.0290. The van der Waals surface area contributed by atoms with E-state index in [-0.39, 0.29) is 18.5 Å². The third kappa shape index (κ3) is 5.45. The van der Waals surface area contributed by atoms with Crippen LogP contribution in [-0.4, -0.2) is 47.9 Å². The molecule has 5 nitrogen and oxygen atoms in total. The number of nitrogens with zero attached hydrogens (tertiary/aromatic N) is 2. The first-order chi connectivity index (χ1) is 13.5. The molecule has 7 heteroatoms. The van der Waals surface area contributed by atoms with E-state index in [9.17, 15) is 14.0 Å². The van der Waals surface area contributed by atoms with Crippen LogP contribution in [0, 0.1) is 5.82 Å². The lowest BCUT2D eigenvalue weighted by molar-refractivity contribution is -0.121.